The van der Waals surface area contributed by atoms with Crippen LogP contribution in [0.2, 0.25) is 0 Å². The van der Waals surface area contributed by atoms with E-state index in [1.165, 1.54) is 0 Å². The van der Waals surface area contributed by atoms with E-state index < -0.39 is 6.04 Å². The number of nitrogens with one attached hydrogen (secondary N) is 1. The molecule has 0 saturated carbocycles. The van der Waals surface area contributed by atoms with Crippen LogP contribution in [-0.2, 0) is 4.79 Å². The molecule has 1 atom stereocenters. The summed E-state index contributed by atoms with van der Waals surface area (Å²) >= 11 is 0. The van der Waals surface area contributed by atoms with Crippen molar-refractivity contribution in [1.29, 1.82) is 0 Å². The van der Waals surface area contributed by atoms with Crippen molar-refractivity contribution in [2.75, 3.05) is 13.6 Å². The van der Waals surface area contributed by atoms with E-state index in [9.17, 15) is 9.59 Å². The fraction of sp³-hybridized carbons (Fsp3) is 0.222. The normalized spacial score (nSPS) is 17.2. The van der Waals surface area contributed by atoms with Gasteiger partial charge in [-0.05, 0) is 36.8 Å². The maximum Gasteiger partial charge on any atom is 0.252 e. The van der Waals surface area contributed by atoms with E-state index in [4.69, 9.17) is 4.74 Å². The third-order valence-corrected chi connectivity index (χ3v) is 3.81. The minimum atomic E-state index is -0.439. The predicted octanol–water partition coefficient (Wildman–Crippen LogP) is 2.44. The van der Waals surface area contributed by atoms with E-state index in [1.807, 2.05) is 30.3 Å². The predicted molar refractivity (Wildman–Crippen MR) is 86.5 cm³/mol. The lowest BCUT2D eigenvalue weighted by atomic mass is 10.1. The average molecular weight is 310 g/mol. The molecule has 1 heterocycles. The second kappa shape index (κ2) is 6.52. The van der Waals surface area contributed by atoms with Crippen LogP contribution >= 0.6 is 0 Å². The van der Waals surface area contributed by atoms with Crippen LogP contribution in [0.1, 0.15) is 16.8 Å². The van der Waals surface area contributed by atoms with Gasteiger partial charge in [-0.3, -0.25) is 9.59 Å². The van der Waals surface area contributed by atoms with Crippen molar-refractivity contribution >= 4 is 11.8 Å². The lowest BCUT2D eigenvalue weighted by Crippen LogP contribution is -2.40. The molecule has 2 aromatic carbocycles. The Morgan fingerprint density at radius 1 is 1.13 bits per heavy atom. The summed E-state index contributed by atoms with van der Waals surface area (Å²) in [6, 6.07) is 15.9. The number of carbonyl (C=O) groups excluding carboxylic acids is 2. The zero-order valence-corrected chi connectivity index (χ0v) is 12.9. The molecule has 0 aromatic heterocycles. The van der Waals surface area contributed by atoms with Gasteiger partial charge in [0.25, 0.3) is 5.91 Å². The fourth-order valence-corrected chi connectivity index (χ4v) is 2.52. The third kappa shape index (κ3) is 3.51. The first-order valence-corrected chi connectivity index (χ1v) is 7.52. The Bertz CT molecular complexity index is 715. The summed E-state index contributed by atoms with van der Waals surface area (Å²) in [4.78, 5) is 25.8. The highest BCUT2D eigenvalue weighted by Gasteiger charge is 2.30. The van der Waals surface area contributed by atoms with Crippen molar-refractivity contribution in [3.8, 4) is 11.5 Å². The van der Waals surface area contributed by atoms with Gasteiger partial charge in [-0.1, -0.05) is 24.3 Å². The van der Waals surface area contributed by atoms with E-state index in [0.29, 0.717) is 30.0 Å². The molecule has 0 aliphatic carbocycles. The Balaban J connectivity index is 1.69. The Morgan fingerprint density at radius 3 is 2.57 bits per heavy atom. The van der Waals surface area contributed by atoms with E-state index in [1.54, 1.807) is 36.2 Å². The zero-order chi connectivity index (χ0) is 16.2. The largest absolute Gasteiger partial charge is 0.457 e. The van der Waals surface area contributed by atoms with E-state index in [2.05, 4.69) is 5.32 Å². The molecule has 1 saturated heterocycles. The van der Waals surface area contributed by atoms with Crippen LogP contribution in [0.5, 0.6) is 11.5 Å². The summed E-state index contributed by atoms with van der Waals surface area (Å²) in [5.41, 5.74) is 0.473. The highest BCUT2D eigenvalue weighted by Crippen LogP contribution is 2.22. The van der Waals surface area contributed by atoms with E-state index in [-0.39, 0.29) is 11.8 Å². The van der Waals surface area contributed by atoms with Gasteiger partial charge in [0.15, 0.2) is 0 Å². The Kier molecular flexibility index (Phi) is 4.28. The Morgan fingerprint density at radius 2 is 1.87 bits per heavy atom. The van der Waals surface area contributed by atoms with Crippen molar-refractivity contribution in [3.63, 3.8) is 0 Å². The number of para-hydroxylation sites is 1. The summed E-state index contributed by atoms with van der Waals surface area (Å²) in [7, 11) is 1.74. The molecular formula is C18H18N2O3. The lowest BCUT2D eigenvalue weighted by molar-refractivity contribution is -0.128. The maximum absolute atomic E-state index is 12.3. The van der Waals surface area contributed by atoms with Gasteiger partial charge in [-0.15, -0.1) is 0 Å². The molecule has 0 bridgehead atoms. The summed E-state index contributed by atoms with van der Waals surface area (Å²) in [6.45, 7) is 0.668. The van der Waals surface area contributed by atoms with E-state index in [0.717, 1.165) is 0 Å². The summed E-state index contributed by atoms with van der Waals surface area (Å²) < 4.78 is 5.72. The van der Waals surface area contributed by atoms with Crippen LogP contribution < -0.4 is 10.1 Å². The van der Waals surface area contributed by atoms with Gasteiger partial charge in [0, 0.05) is 19.2 Å². The number of likely N-dealkylation sites (tertiary alicyclic amines) is 1. The highest BCUT2D eigenvalue weighted by atomic mass is 16.5. The standard InChI is InChI=1S/C18H18N2O3/c1-20-11-10-16(18(20)22)19-17(21)13-6-5-9-15(12-13)23-14-7-3-2-4-8-14/h2-9,12,16H,10-11H2,1H3,(H,19,21). The first-order valence-electron chi connectivity index (χ1n) is 7.52. The van der Waals surface area contributed by atoms with Gasteiger partial charge < -0.3 is 15.0 Å². The SMILES string of the molecule is CN1CCC(NC(=O)c2cccc(Oc3ccccc3)c2)C1=O. The van der Waals surface area contributed by atoms with Crippen LogP contribution in [0.15, 0.2) is 54.6 Å². The van der Waals surface area contributed by atoms with Gasteiger partial charge in [0.2, 0.25) is 5.91 Å². The third-order valence-electron chi connectivity index (χ3n) is 3.81. The molecule has 0 radical (unpaired) electrons. The van der Waals surface area contributed by atoms with Crippen LogP contribution in [0.25, 0.3) is 0 Å². The van der Waals surface area contributed by atoms with E-state index >= 15 is 0 Å². The quantitative estimate of drug-likeness (QED) is 0.943. The second-order valence-electron chi connectivity index (χ2n) is 5.52. The van der Waals surface area contributed by atoms with Crippen molar-refractivity contribution in [1.82, 2.24) is 10.2 Å². The molecule has 5 nitrogen and oxygen atoms in total. The molecule has 1 fully saturated rings. The van der Waals surface area contributed by atoms with Crippen LogP contribution in [0.4, 0.5) is 0 Å². The number of rotatable bonds is 4. The fourth-order valence-electron chi connectivity index (χ4n) is 2.52. The number of benzene rings is 2. The lowest BCUT2D eigenvalue weighted by Gasteiger charge is -2.13. The number of carbonyl (C=O) groups is 2. The van der Waals surface area contributed by atoms with Gasteiger partial charge in [0.05, 0.1) is 0 Å². The number of likely N-dealkylation sites (N-methyl/N-ethyl adjacent to an activating group) is 1. The first-order chi connectivity index (χ1) is 11.1. The molecule has 2 amide bonds. The van der Waals surface area contributed by atoms with Crippen molar-refractivity contribution in [3.05, 3.63) is 60.2 Å². The monoisotopic (exact) mass is 310 g/mol. The molecule has 1 N–H and O–H groups in total. The molecule has 3 rings (SSSR count). The smallest absolute Gasteiger partial charge is 0.252 e. The molecule has 5 heteroatoms. The molecule has 1 unspecified atom stereocenters. The molecule has 1 aliphatic heterocycles. The van der Waals surface area contributed by atoms with Crippen LogP contribution in [0.3, 0.4) is 0 Å². The minimum Gasteiger partial charge on any atom is -0.457 e. The molecular weight excluding hydrogens is 292 g/mol. The molecule has 2 aromatic rings. The van der Waals surface area contributed by atoms with Gasteiger partial charge in [-0.25, -0.2) is 0 Å². The first kappa shape index (κ1) is 15.1. The summed E-state index contributed by atoms with van der Waals surface area (Å²) in [5, 5.41) is 2.78. The number of hydrogen-bond acceptors (Lipinski definition) is 3. The average Bonchev–Trinajstić information content (AvgIpc) is 2.88. The number of nitrogens with zero attached hydrogens (tertiary/aromatic N) is 1. The van der Waals surface area contributed by atoms with Crippen molar-refractivity contribution in [2.45, 2.75) is 12.5 Å². The summed E-state index contributed by atoms with van der Waals surface area (Å²) in [6.07, 6.45) is 0.640. The molecule has 1 aliphatic rings. The van der Waals surface area contributed by atoms with Crippen molar-refractivity contribution < 1.29 is 14.3 Å². The van der Waals surface area contributed by atoms with Gasteiger partial charge >= 0.3 is 0 Å². The topological polar surface area (TPSA) is 58.6 Å². The zero-order valence-electron chi connectivity index (χ0n) is 12.9. The van der Waals surface area contributed by atoms with Crippen molar-refractivity contribution in [2.24, 2.45) is 0 Å². The molecule has 118 valence electrons. The number of hydrogen-bond donors (Lipinski definition) is 1. The Hall–Kier alpha value is -2.82. The maximum atomic E-state index is 12.3. The molecule has 0 spiro atoms. The molecule has 23 heavy (non-hydrogen) atoms. The van der Waals surface area contributed by atoms with Gasteiger partial charge in [-0.2, -0.15) is 0 Å². The van der Waals surface area contributed by atoms with Crippen LogP contribution in [-0.4, -0.2) is 36.3 Å². The Labute approximate surface area is 134 Å². The number of ether oxygens (including phenoxy) is 1. The second-order valence-corrected chi connectivity index (χ2v) is 5.52. The van der Waals surface area contributed by atoms with Gasteiger partial charge in [0.1, 0.15) is 17.5 Å². The van der Waals surface area contributed by atoms with Crippen LogP contribution in [0, 0.1) is 0 Å². The summed E-state index contributed by atoms with van der Waals surface area (Å²) in [5.74, 6) is 0.976. The minimum absolute atomic E-state index is 0.0463. The highest BCUT2D eigenvalue weighted by molar-refractivity contribution is 5.98. The number of amides is 2.